The third-order valence-electron chi connectivity index (χ3n) is 4.55. The molecule has 2 aromatic rings. The summed E-state index contributed by atoms with van der Waals surface area (Å²) in [4.78, 5) is 15.4. The summed E-state index contributed by atoms with van der Waals surface area (Å²) in [6, 6.07) is 8.12. The monoisotopic (exact) mass is 357 g/mol. The maximum absolute atomic E-state index is 10.4. The molecule has 0 radical (unpaired) electrons. The van der Waals surface area contributed by atoms with E-state index in [2.05, 4.69) is 25.2 Å². The van der Waals surface area contributed by atoms with Gasteiger partial charge in [0.2, 0.25) is 11.9 Å². The van der Waals surface area contributed by atoms with Crippen LogP contribution < -0.4 is 15.0 Å². The van der Waals surface area contributed by atoms with Gasteiger partial charge in [0.05, 0.1) is 13.2 Å². The zero-order valence-electron chi connectivity index (χ0n) is 15.5. The number of anilines is 2. The molecule has 26 heavy (non-hydrogen) atoms. The molecule has 3 rings (SSSR count). The van der Waals surface area contributed by atoms with Crippen LogP contribution in [-0.4, -0.2) is 46.8 Å². The van der Waals surface area contributed by atoms with E-state index in [1.807, 2.05) is 31.2 Å². The van der Waals surface area contributed by atoms with Crippen molar-refractivity contribution in [3.8, 4) is 6.01 Å². The summed E-state index contributed by atoms with van der Waals surface area (Å²) < 4.78 is 5.23. The summed E-state index contributed by atoms with van der Waals surface area (Å²) in [7, 11) is 1.55. The predicted octanol–water partition coefficient (Wildman–Crippen LogP) is 2.71. The van der Waals surface area contributed by atoms with Crippen LogP contribution in [0.5, 0.6) is 6.01 Å². The number of ether oxygens (including phenoxy) is 1. The van der Waals surface area contributed by atoms with Crippen molar-refractivity contribution in [1.29, 1.82) is 0 Å². The molecule has 2 heterocycles. The first-order valence-electron chi connectivity index (χ1n) is 9.19. The molecule has 1 saturated heterocycles. The highest BCUT2D eigenvalue weighted by molar-refractivity contribution is 5.39. The lowest BCUT2D eigenvalue weighted by molar-refractivity contribution is 0.191. The van der Waals surface area contributed by atoms with Crippen LogP contribution in [0, 0.1) is 6.92 Å². The van der Waals surface area contributed by atoms with Gasteiger partial charge in [-0.25, -0.2) is 0 Å². The van der Waals surface area contributed by atoms with Crippen LogP contribution in [0.1, 0.15) is 42.9 Å². The highest BCUT2D eigenvalue weighted by Gasteiger charge is 2.16. The van der Waals surface area contributed by atoms with Crippen molar-refractivity contribution in [1.82, 2.24) is 15.0 Å². The van der Waals surface area contributed by atoms with Crippen LogP contribution >= 0.6 is 0 Å². The lowest BCUT2D eigenvalue weighted by Gasteiger charge is -2.21. The van der Waals surface area contributed by atoms with Crippen LogP contribution in [0.4, 0.5) is 11.9 Å². The second-order valence-corrected chi connectivity index (χ2v) is 6.66. The van der Waals surface area contributed by atoms with E-state index in [0.29, 0.717) is 18.4 Å². The van der Waals surface area contributed by atoms with E-state index < -0.39 is 6.10 Å². The normalized spacial score (nSPS) is 16.0. The Morgan fingerprint density at radius 2 is 1.92 bits per heavy atom. The minimum Gasteiger partial charge on any atom is -0.467 e. The van der Waals surface area contributed by atoms with E-state index in [-0.39, 0.29) is 6.01 Å². The number of benzene rings is 1. The molecule has 1 unspecified atom stereocenters. The van der Waals surface area contributed by atoms with Gasteiger partial charge < -0.3 is 20.1 Å². The molecule has 0 bridgehead atoms. The number of aliphatic hydroxyl groups is 1. The van der Waals surface area contributed by atoms with Gasteiger partial charge in [0.15, 0.2) is 0 Å². The minimum atomic E-state index is -0.640. The van der Waals surface area contributed by atoms with Gasteiger partial charge in [0.25, 0.3) is 0 Å². The van der Waals surface area contributed by atoms with Crippen LogP contribution in [0.3, 0.4) is 0 Å². The summed E-state index contributed by atoms with van der Waals surface area (Å²) in [6.07, 6.45) is 4.13. The number of hydrogen-bond acceptors (Lipinski definition) is 7. The van der Waals surface area contributed by atoms with Gasteiger partial charge in [-0.1, -0.05) is 42.7 Å². The fraction of sp³-hybridized carbons (Fsp3) is 0.526. The van der Waals surface area contributed by atoms with Crippen LogP contribution in [0.15, 0.2) is 24.3 Å². The lowest BCUT2D eigenvalue weighted by atomic mass is 10.1. The molecule has 1 aromatic carbocycles. The minimum absolute atomic E-state index is 0.284. The maximum Gasteiger partial charge on any atom is 0.322 e. The van der Waals surface area contributed by atoms with Crippen molar-refractivity contribution in [3.63, 3.8) is 0 Å². The first-order chi connectivity index (χ1) is 12.7. The fourth-order valence-electron chi connectivity index (χ4n) is 3.11. The number of rotatable bonds is 6. The number of hydrogen-bond donors (Lipinski definition) is 2. The molecule has 0 saturated carbocycles. The highest BCUT2D eigenvalue weighted by Crippen LogP contribution is 2.20. The van der Waals surface area contributed by atoms with E-state index in [4.69, 9.17) is 4.74 Å². The fourth-order valence-corrected chi connectivity index (χ4v) is 3.11. The number of methoxy groups -OCH3 is 1. The van der Waals surface area contributed by atoms with Gasteiger partial charge in [-0.2, -0.15) is 15.0 Å². The van der Waals surface area contributed by atoms with E-state index in [1.54, 1.807) is 7.11 Å². The van der Waals surface area contributed by atoms with Crippen molar-refractivity contribution < 1.29 is 9.84 Å². The van der Waals surface area contributed by atoms with Gasteiger partial charge in [-0.3, -0.25) is 0 Å². The Kier molecular flexibility index (Phi) is 6.22. The third kappa shape index (κ3) is 4.82. The number of aromatic nitrogens is 3. The molecular formula is C19H27N5O2. The molecule has 0 spiro atoms. The molecule has 0 amide bonds. The van der Waals surface area contributed by atoms with E-state index in [0.717, 1.165) is 37.1 Å². The summed E-state index contributed by atoms with van der Waals surface area (Å²) in [5.41, 5.74) is 1.98. The molecule has 1 fully saturated rings. The molecule has 1 aromatic heterocycles. The van der Waals surface area contributed by atoms with Crippen LogP contribution in [-0.2, 0) is 0 Å². The van der Waals surface area contributed by atoms with Crippen LogP contribution in [0.25, 0.3) is 0 Å². The van der Waals surface area contributed by atoms with E-state index >= 15 is 0 Å². The predicted molar refractivity (Wildman–Crippen MR) is 102 cm³/mol. The second-order valence-electron chi connectivity index (χ2n) is 6.66. The zero-order valence-corrected chi connectivity index (χ0v) is 15.5. The van der Waals surface area contributed by atoms with Gasteiger partial charge in [-0.05, 0) is 25.3 Å². The average Bonchev–Trinajstić information content (AvgIpc) is 2.95. The zero-order chi connectivity index (χ0) is 18.4. The van der Waals surface area contributed by atoms with Gasteiger partial charge >= 0.3 is 6.01 Å². The Hall–Kier alpha value is -2.41. The molecule has 1 aliphatic heterocycles. The lowest BCUT2D eigenvalue weighted by Crippen LogP contribution is -2.27. The summed E-state index contributed by atoms with van der Waals surface area (Å²) in [6.45, 7) is 4.21. The Morgan fingerprint density at radius 1 is 1.15 bits per heavy atom. The first-order valence-corrected chi connectivity index (χ1v) is 9.19. The Morgan fingerprint density at radius 3 is 2.62 bits per heavy atom. The largest absolute Gasteiger partial charge is 0.467 e. The van der Waals surface area contributed by atoms with Gasteiger partial charge in [0, 0.05) is 19.6 Å². The van der Waals surface area contributed by atoms with Crippen molar-refractivity contribution in [2.75, 3.05) is 37.0 Å². The number of nitrogens with one attached hydrogen (secondary N) is 1. The Bertz CT molecular complexity index is 717. The molecule has 140 valence electrons. The van der Waals surface area contributed by atoms with E-state index in [9.17, 15) is 5.11 Å². The standard InChI is InChI=1S/C19H27N5O2/c1-14-8-7-9-15(12-14)16(25)13-20-17-21-18(23-19(22-17)26-2)24-10-5-3-4-6-11-24/h7-9,12,16,25H,3-6,10-11,13H2,1-2H3,(H,20,21,22,23). The Labute approximate surface area is 154 Å². The molecule has 0 aliphatic carbocycles. The number of aryl methyl sites for hydroxylation is 1. The second kappa shape index (κ2) is 8.80. The van der Waals surface area contributed by atoms with Crippen molar-refractivity contribution >= 4 is 11.9 Å². The molecule has 1 atom stereocenters. The molecule has 7 nitrogen and oxygen atoms in total. The van der Waals surface area contributed by atoms with Crippen molar-refractivity contribution in [3.05, 3.63) is 35.4 Å². The van der Waals surface area contributed by atoms with E-state index in [1.165, 1.54) is 12.8 Å². The maximum atomic E-state index is 10.4. The van der Waals surface area contributed by atoms with Crippen LogP contribution in [0.2, 0.25) is 0 Å². The third-order valence-corrected chi connectivity index (χ3v) is 4.55. The smallest absolute Gasteiger partial charge is 0.322 e. The first kappa shape index (κ1) is 18.4. The SMILES string of the molecule is COc1nc(NCC(O)c2cccc(C)c2)nc(N2CCCCCC2)n1. The number of aliphatic hydroxyl groups excluding tert-OH is 1. The summed E-state index contributed by atoms with van der Waals surface area (Å²) >= 11 is 0. The quantitative estimate of drug-likeness (QED) is 0.822. The molecule has 7 heteroatoms. The van der Waals surface area contributed by atoms with Crippen molar-refractivity contribution in [2.24, 2.45) is 0 Å². The highest BCUT2D eigenvalue weighted by atomic mass is 16.5. The topological polar surface area (TPSA) is 83.4 Å². The summed E-state index contributed by atoms with van der Waals surface area (Å²) in [5, 5.41) is 13.5. The molecular weight excluding hydrogens is 330 g/mol. The van der Waals surface area contributed by atoms with Gasteiger partial charge in [-0.15, -0.1) is 0 Å². The average molecular weight is 357 g/mol. The molecule has 1 aliphatic rings. The number of nitrogens with zero attached hydrogens (tertiary/aromatic N) is 4. The van der Waals surface area contributed by atoms with Crippen molar-refractivity contribution in [2.45, 2.75) is 38.7 Å². The Balaban J connectivity index is 1.71. The summed E-state index contributed by atoms with van der Waals surface area (Å²) in [5.74, 6) is 1.05. The van der Waals surface area contributed by atoms with Gasteiger partial charge in [0.1, 0.15) is 0 Å². The molecule has 2 N–H and O–H groups in total.